The summed E-state index contributed by atoms with van der Waals surface area (Å²) in [5, 5.41) is 19.1. The van der Waals surface area contributed by atoms with E-state index < -0.39 is 7.12 Å². The van der Waals surface area contributed by atoms with Gasteiger partial charge < -0.3 is 14.8 Å². The fourth-order valence-corrected chi connectivity index (χ4v) is 2.32. The maximum Gasteiger partial charge on any atom is 0.492 e. The Labute approximate surface area is 107 Å². The second-order valence-corrected chi connectivity index (χ2v) is 5.41. The first-order chi connectivity index (χ1) is 8.08. The second-order valence-electron chi connectivity index (χ2n) is 3.98. The smallest absolute Gasteiger partial charge is 0.492 e. The molecule has 1 aromatic rings. The Balaban J connectivity index is 2.78. The number of hydrogen-bond acceptors (Lipinski definition) is 4. The lowest BCUT2D eigenvalue weighted by Crippen LogP contribution is -2.31. The summed E-state index contributed by atoms with van der Waals surface area (Å²) >= 11 is 1.86. The third kappa shape index (κ3) is 4.26. The van der Waals surface area contributed by atoms with Gasteiger partial charge in [0.1, 0.15) is 5.75 Å². The van der Waals surface area contributed by atoms with Gasteiger partial charge in [0.05, 0.1) is 7.11 Å². The molecule has 1 rings (SSSR count). The van der Waals surface area contributed by atoms with E-state index in [1.54, 1.807) is 12.1 Å². The quantitative estimate of drug-likeness (QED) is 0.753. The Morgan fingerprint density at radius 1 is 1.41 bits per heavy atom. The standard InChI is InChI=1S/C12H19BO3S/c1-4-9(2)17-8-10-5-6-12(16-3)11(7-10)13(14)15/h5-7,9,14-15H,4,8H2,1-3H3. The highest BCUT2D eigenvalue weighted by Gasteiger charge is 2.17. The van der Waals surface area contributed by atoms with Crippen molar-refractivity contribution < 1.29 is 14.8 Å². The fraction of sp³-hybridized carbons (Fsp3) is 0.500. The molecule has 0 heterocycles. The van der Waals surface area contributed by atoms with Crippen LogP contribution in [-0.4, -0.2) is 29.5 Å². The summed E-state index contributed by atoms with van der Waals surface area (Å²) in [7, 11) is 0.0351. The molecule has 0 saturated carbocycles. The molecule has 1 unspecified atom stereocenters. The van der Waals surface area contributed by atoms with Gasteiger partial charge >= 0.3 is 7.12 Å². The maximum absolute atomic E-state index is 9.25. The summed E-state index contributed by atoms with van der Waals surface area (Å²) in [6, 6.07) is 5.53. The van der Waals surface area contributed by atoms with E-state index in [4.69, 9.17) is 4.74 Å². The Morgan fingerprint density at radius 2 is 2.12 bits per heavy atom. The van der Waals surface area contributed by atoms with E-state index in [0.717, 1.165) is 17.7 Å². The van der Waals surface area contributed by atoms with Crippen LogP contribution >= 0.6 is 11.8 Å². The fourth-order valence-electron chi connectivity index (χ4n) is 1.43. The summed E-state index contributed by atoms with van der Waals surface area (Å²) in [5.41, 5.74) is 1.51. The van der Waals surface area contributed by atoms with Crippen molar-refractivity contribution in [2.45, 2.75) is 31.3 Å². The van der Waals surface area contributed by atoms with Crippen LogP contribution in [0.3, 0.4) is 0 Å². The molecule has 0 aliphatic rings. The van der Waals surface area contributed by atoms with E-state index in [1.807, 2.05) is 17.8 Å². The number of methoxy groups -OCH3 is 1. The first-order valence-corrected chi connectivity index (χ1v) is 6.77. The molecule has 0 fully saturated rings. The molecule has 0 radical (unpaired) electrons. The van der Waals surface area contributed by atoms with Crippen LogP contribution in [0.4, 0.5) is 0 Å². The zero-order valence-electron chi connectivity index (χ0n) is 10.5. The number of thioether (sulfide) groups is 1. The largest absolute Gasteiger partial charge is 0.497 e. The topological polar surface area (TPSA) is 49.7 Å². The van der Waals surface area contributed by atoms with Gasteiger partial charge in [-0.05, 0) is 18.1 Å². The summed E-state index contributed by atoms with van der Waals surface area (Å²) in [5.74, 6) is 1.39. The van der Waals surface area contributed by atoms with Crippen molar-refractivity contribution in [2.24, 2.45) is 0 Å². The summed E-state index contributed by atoms with van der Waals surface area (Å²) in [4.78, 5) is 0. The highest BCUT2D eigenvalue weighted by atomic mass is 32.2. The molecule has 2 N–H and O–H groups in total. The lowest BCUT2D eigenvalue weighted by Gasteiger charge is -2.12. The average molecular weight is 254 g/mol. The van der Waals surface area contributed by atoms with Crippen molar-refractivity contribution in [3.8, 4) is 5.75 Å². The molecular weight excluding hydrogens is 235 g/mol. The second kappa shape index (κ2) is 6.94. The van der Waals surface area contributed by atoms with Crippen LogP contribution < -0.4 is 10.2 Å². The van der Waals surface area contributed by atoms with Gasteiger partial charge in [0.25, 0.3) is 0 Å². The molecule has 0 spiro atoms. The molecular formula is C12H19BO3S. The van der Waals surface area contributed by atoms with Crippen molar-refractivity contribution in [1.82, 2.24) is 0 Å². The molecule has 94 valence electrons. The van der Waals surface area contributed by atoms with Crippen molar-refractivity contribution >= 4 is 24.3 Å². The van der Waals surface area contributed by atoms with E-state index in [9.17, 15) is 10.0 Å². The maximum atomic E-state index is 9.25. The SMILES string of the molecule is CCC(C)SCc1ccc(OC)c(B(O)O)c1. The molecule has 0 bridgehead atoms. The van der Waals surface area contributed by atoms with E-state index in [1.165, 1.54) is 7.11 Å². The molecule has 17 heavy (non-hydrogen) atoms. The Morgan fingerprint density at radius 3 is 2.65 bits per heavy atom. The number of benzene rings is 1. The van der Waals surface area contributed by atoms with E-state index >= 15 is 0 Å². The molecule has 0 saturated heterocycles. The molecule has 5 heteroatoms. The van der Waals surface area contributed by atoms with Crippen LogP contribution in [0.2, 0.25) is 0 Å². The molecule has 1 atom stereocenters. The number of ether oxygens (including phenoxy) is 1. The average Bonchev–Trinajstić information content (AvgIpc) is 2.35. The summed E-state index contributed by atoms with van der Waals surface area (Å²) < 4.78 is 5.08. The molecule has 0 aliphatic heterocycles. The normalized spacial score (nSPS) is 12.3. The van der Waals surface area contributed by atoms with Crippen molar-refractivity contribution in [3.63, 3.8) is 0 Å². The minimum atomic E-state index is -1.49. The highest BCUT2D eigenvalue weighted by molar-refractivity contribution is 7.99. The van der Waals surface area contributed by atoms with Crippen LogP contribution in [-0.2, 0) is 5.75 Å². The first kappa shape index (κ1) is 14.4. The van der Waals surface area contributed by atoms with E-state index in [2.05, 4.69) is 13.8 Å². The predicted octanol–water partition coefficient (Wildman–Crippen LogP) is 1.41. The van der Waals surface area contributed by atoms with E-state index in [-0.39, 0.29) is 0 Å². The molecule has 1 aromatic carbocycles. The molecule has 0 amide bonds. The molecule has 0 aliphatic carbocycles. The lowest BCUT2D eigenvalue weighted by atomic mass is 9.79. The third-order valence-electron chi connectivity index (χ3n) is 2.68. The van der Waals surface area contributed by atoms with Gasteiger partial charge in [0, 0.05) is 16.5 Å². The van der Waals surface area contributed by atoms with E-state index in [0.29, 0.717) is 16.5 Å². The lowest BCUT2D eigenvalue weighted by molar-refractivity contribution is 0.403. The number of rotatable bonds is 6. The van der Waals surface area contributed by atoms with Crippen LogP contribution in [0, 0.1) is 0 Å². The van der Waals surface area contributed by atoms with Gasteiger partial charge in [0.2, 0.25) is 0 Å². The van der Waals surface area contributed by atoms with Crippen LogP contribution in [0.15, 0.2) is 18.2 Å². The third-order valence-corrected chi connectivity index (χ3v) is 4.08. The Hall–Kier alpha value is -0.645. The zero-order valence-corrected chi connectivity index (χ0v) is 11.3. The monoisotopic (exact) mass is 254 g/mol. The van der Waals surface area contributed by atoms with Gasteiger partial charge in [-0.2, -0.15) is 11.8 Å². The van der Waals surface area contributed by atoms with Gasteiger partial charge in [0.15, 0.2) is 0 Å². The predicted molar refractivity (Wildman–Crippen MR) is 73.9 cm³/mol. The van der Waals surface area contributed by atoms with Crippen LogP contribution in [0.1, 0.15) is 25.8 Å². The Bertz CT molecular complexity index is 358. The summed E-state index contributed by atoms with van der Waals surface area (Å²) in [6.07, 6.45) is 1.14. The van der Waals surface area contributed by atoms with Gasteiger partial charge in [-0.3, -0.25) is 0 Å². The minimum absolute atomic E-state index is 0.426. The van der Waals surface area contributed by atoms with Crippen molar-refractivity contribution in [1.29, 1.82) is 0 Å². The van der Waals surface area contributed by atoms with Gasteiger partial charge in [-0.15, -0.1) is 0 Å². The van der Waals surface area contributed by atoms with Gasteiger partial charge in [-0.25, -0.2) is 0 Å². The van der Waals surface area contributed by atoms with Crippen LogP contribution in [0.5, 0.6) is 5.75 Å². The zero-order chi connectivity index (χ0) is 12.8. The Kier molecular flexibility index (Phi) is 5.88. The first-order valence-electron chi connectivity index (χ1n) is 5.73. The van der Waals surface area contributed by atoms with Crippen molar-refractivity contribution in [2.75, 3.05) is 7.11 Å². The number of hydrogen-bond donors (Lipinski definition) is 2. The minimum Gasteiger partial charge on any atom is -0.497 e. The summed E-state index contributed by atoms with van der Waals surface area (Å²) in [6.45, 7) is 4.35. The highest BCUT2D eigenvalue weighted by Crippen LogP contribution is 2.20. The molecule has 0 aromatic heterocycles. The van der Waals surface area contributed by atoms with Crippen LogP contribution in [0.25, 0.3) is 0 Å². The van der Waals surface area contributed by atoms with Crippen molar-refractivity contribution in [3.05, 3.63) is 23.8 Å². The van der Waals surface area contributed by atoms with Gasteiger partial charge in [-0.1, -0.05) is 26.0 Å². The molecule has 3 nitrogen and oxygen atoms in total.